The number of hydrogen-bond acceptors (Lipinski definition) is 5. The number of piperazine rings is 1. The van der Waals surface area contributed by atoms with Gasteiger partial charge in [0.15, 0.2) is 0 Å². The summed E-state index contributed by atoms with van der Waals surface area (Å²) in [4.78, 5) is 15.8. The quantitative estimate of drug-likeness (QED) is 0.193. The van der Waals surface area contributed by atoms with Gasteiger partial charge < -0.3 is 4.90 Å². The second-order valence-corrected chi connectivity index (χ2v) is 8.03. The number of hydrogen-bond donors (Lipinski definition) is 0. The molecule has 1 fully saturated rings. The van der Waals surface area contributed by atoms with Crippen molar-refractivity contribution in [1.82, 2.24) is 9.80 Å². The fourth-order valence-corrected chi connectivity index (χ4v) is 4.48. The number of nitrogens with zero attached hydrogens (tertiary/aromatic N) is 4. The first-order chi connectivity index (χ1) is 13.6. The van der Waals surface area contributed by atoms with Crippen LogP contribution in [0.15, 0.2) is 34.7 Å². The lowest BCUT2D eigenvalue weighted by atomic mass is 9.86. The van der Waals surface area contributed by atoms with Crippen molar-refractivity contribution in [3.8, 4) is 0 Å². The predicted octanol–water partition coefficient (Wildman–Crippen LogP) is 4.05. The lowest BCUT2D eigenvalue weighted by molar-refractivity contribution is -0.490. The molecule has 0 bridgehead atoms. The van der Waals surface area contributed by atoms with Crippen molar-refractivity contribution >= 4 is 17.8 Å². The lowest BCUT2D eigenvalue weighted by Crippen LogP contribution is -2.50. The summed E-state index contributed by atoms with van der Waals surface area (Å²) in [7, 11) is 0. The van der Waals surface area contributed by atoms with E-state index in [9.17, 15) is 10.1 Å². The zero-order chi connectivity index (χ0) is 20.4. The van der Waals surface area contributed by atoms with Crippen LogP contribution < -0.4 is 0 Å². The zero-order valence-corrected chi connectivity index (χ0v) is 18.2. The van der Waals surface area contributed by atoms with Gasteiger partial charge in [0.25, 0.3) is 0 Å². The van der Waals surface area contributed by atoms with Crippen molar-refractivity contribution in [3.63, 3.8) is 0 Å². The fourth-order valence-electron chi connectivity index (χ4n) is 4.09. The average molecular weight is 407 g/mol. The highest BCUT2D eigenvalue weighted by atomic mass is 32.2. The number of amidine groups is 1. The van der Waals surface area contributed by atoms with Crippen LogP contribution in [0.1, 0.15) is 38.7 Å². The molecule has 2 unspecified atom stereocenters. The molecule has 2 atom stereocenters. The third-order valence-corrected chi connectivity index (χ3v) is 5.96. The molecule has 1 saturated heterocycles. The first-order valence-electron chi connectivity index (χ1n) is 10.3. The molecule has 0 spiro atoms. The van der Waals surface area contributed by atoms with E-state index in [0.29, 0.717) is 5.92 Å². The summed E-state index contributed by atoms with van der Waals surface area (Å²) in [6.45, 7) is 9.17. The minimum Gasteiger partial charge on any atom is -0.353 e. The van der Waals surface area contributed by atoms with E-state index in [2.05, 4.69) is 52.3 Å². The molecule has 0 N–H and O–H groups in total. The highest BCUT2D eigenvalue weighted by molar-refractivity contribution is 7.97. The van der Waals surface area contributed by atoms with Crippen molar-refractivity contribution in [1.29, 1.82) is 0 Å². The van der Waals surface area contributed by atoms with Crippen LogP contribution in [-0.4, -0.2) is 66.1 Å². The van der Waals surface area contributed by atoms with Gasteiger partial charge in [-0.3, -0.25) is 15.0 Å². The Morgan fingerprint density at radius 2 is 1.86 bits per heavy atom. The minimum absolute atomic E-state index is 0.0969. The summed E-state index contributed by atoms with van der Waals surface area (Å²) in [5, 5.41) is 11.1. The summed E-state index contributed by atoms with van der Waals surface area (Å²) >= 11 is 1.50. The van der Waals surface area contributed by atoms with Crippen LogP contribution in [0.25, 0.3) is 0 Å². The zero-order valence-electron chi connectivity index (χ0n) is 17.4. The van der Waals surface area contributed by atoms with Crippen molar-refractivity contribution in [2.45, 2.75) is 33.1 Å². The lowest BCUT2D eigenvalue weighted by Gasteiger charge is -2.39. The van der Waals surface area contributed by atoms with Gasteiger partial charge in [0.2, 0.25) is 6.54 Å². The van der Waals surface area contributed by atoms with E-state index in [0.717, 1.165) is 63.4 Å². The van der Waals surface area contributed by atoms with Gasteiger partial charge >= 0.3 is 0 Å². The summed E-state index contributed by atoms with van der Waals surface area (Å²) < 4.78 is 4.67. The Morgan fingerprint density at radius 3 is 2.39 bits per heavy atom. The topological polar surface area (TPSA) is 62.0 Å². The van der Waals surface area contributed by atoms with E-state index in [1.807, 2.05) is 12.3 Å². The van der Waals surface area contributed by atoms with Crippen LogP contribution in [0.5, 0.6) is 0 Å². The second kappa shape index (κ2) is 12.1. The van der Waals surface area contributed by atoms with E-state index >= 15 is 0 Å². The van der Waals surface area contributed by atoms with Gasteiger partial charge in [0, 0.05) is 55.4 Å². The van der Waals surface area contributed by atoms with Crippen LogP contribution in [0.2, 0.25) is 0 Å². The molecule has 1 aromatic rings. The fraction of sp³-hybridized carbons (Fsp3) is 0.667. The minimum atomic E-state index is -0.139. The first kappa shape index (κ1) is 22.7. The van der Waals surface area contributed by atoms with Gasteiger partial charge in [-0.05, 0) is 30.7 Å². The van der Waals surface area contributed by atoms with Crippen LogP contribution in [-0.2, 0) is 0 Å². The van der Waals surface area contributed by atoms with Crippen LogP contribution in [0.3, 0.4) is 0 Å². The van der Waals surface area contributed by atoms with Crippen LogP contribution in [0, 0.1) is 22.0 Å². The monoisotopic (exact) mass is 406 g/mol. The molecule has 1 aliphatic heterocycles. The summed E-state index contributed by atoms with van der Waals surface area (Å²) in [5.41, 5.74) is 1.16. The van der Waals surface area contributed by atoms with E-state index in [1.54, 1.807) is 0 Å². The molecule has 0 radical (unpaired) electrons. The molecule has 2 rings (SSSR count). The molecule has 0 aromatic heterocycles. The number of benzene rings is 1. The molecule has 1 heterocycles. The Bertz CT molecular complexity index is 618. The van der Waals surface area contributed by atoms with E-state index in [4.69, 9.17) is 0 Å². The Hall–Kier alpha value is -1.60. The highest BCUT2D eigenvalue weighted by Gasteiger charge is 2.28. The smallest absolute Gasteiger partial charge is 0.206 e. The second-order valence-electron chi connectivity index (χ2n) is 7.48. The van der Waals surface area contributed by atoms with E-state index in [-0.39, 0.29) is 17.4 Å². The Kier molecular flexibility index (Phi) is 9.78. The molecule has 1 aromatic carbocycles. The van der Waals surface area contributed by atoms with Crippen molar-refractivity contribution in [2.24, 2.45) is 16.2 Å². The average Bonchev–Trinajstić information content (AvgIpc) is 2.71. The molecule has 156 valence electrons. The molecule has 0 amide bonds. The van der Waals surface area contributed by atoms with E-state index in [1.165, 1.54) is 11.9 Å². The Balaban J connectivity index is 1.97. The Morgan fingerprint density at radius 1 is 1.18 bits per heavy atom. The van der Waals surface area contributed by atoms with Gasteiger partial charge in [-0.15, -0.1) is 0 Å². The summed E-state index contributed by atoms with van der Waals surface area (Å²) in [5.74, 6) is 1.63. The van der Waals surface area contributed by atoms with Gasteiger partial charge in [-0.1, -0.05) is 50.6 Å². The molecular weight excluding hydrogens is 372 g/mol. The summed E-state index contributed by atoms with van der Waals surface area (Å²) in [6.07, 6.45) is 5.02. The summed E-state index contributed by atoms with van der Waals surface area (Å²) in [6, 6.07) is 10.4. The molecule has 7 heteroatoms. The number of nitro groups is 1. The molecule has 0 aliphatic carbocycles. The molecular formula is C21H34N4O2S. The largest absolute Gasteiger partial charge is 0.353 e. The first-order valence-corrected chi connectivity index (χ1v) is 11.5. The van der Waals surface area contributed by atoms with E-state index < -0.39 is 0 Å². The van der Waals surface area contributed by atoms with Gasteiger partial charge in [0.05, 0.1) is 0 Å². The Labute approximate surface area is 173 Å². The maximum atomic E-state index is 11.1. The third-order valence-electron chi connectivity index (χ3n) is 5.61. The molecule has 1 aliphatic rings. The van der Waals surface area contributed by atoms with Crippen molar-refractivity contribution in [2.75, 3.05) is 45.5 Å². The normalized spacial score (nSPS) is 18.1. The highest BCUT2D eigenvalue weighted by Crippen LogP contribution is 2.24. The maximum absolute atomic E-state index is 11.1. The van der Waals surface area contributed by atoms with Gasteiger partial charge in [-0.2, -0.15) is 4.40 Å². The predicted molar refractivity (Wildman–Crippen MR) is 119 cm³/mol. The van der Waals surface area contributed by atoms with Crippen LogP contribution >= 0.6 is 11.9 Å². The van der Waals surface area contributed by atoms with Crippen molar-refractivity contribution < 1.29 is 4.92 Å². The third kappa shape index (κ3) is 6.78. The van der Waals surface area contributed by atoms with Crippen LogP contribution in [0.4, 0.5) is 0 Å². The molecule has 0 saturated carbocycles. The molecule has 28 heavy (non-hydrogen) atoms. The SMILES string of the molecule is CCCC(CN1CCN(/C(=N/SC)c2ccccc2)CC1)C(CC)C[N+](=O)[O-]. The van der Waals surface area contributed by atoms with Gasteiger partial charge in [-0.25, -0.2) is 0 Å². The maximum Gasteiger partial charge on any atom is 0.206 e. The number of rotatable bonds is 10. The standard InChI is InChI=1S/C21H34N4O2S/c1-4-9-20(18(5-2)17-25(26)27)16-23-12-14-24(15-13-23)21(22-28-3)19-10-7-6-8-11-19/h6-8,10-11,18,20H,4-5,9,12-17H2,1-3H3/b22-21+. The van der Waals surface area contributed by atoms with Crippen molar-refractivity contribution in [3.05, 3.63) is 46.0 Å². The van der Waals surface area contributed by atoms with Gasteiger partial charge in [0.1, 0.15) is 5.84 Å². The molecule has 6 nitrogen and oxygen atoms in total.